The van der Waals surface area contributed by atoms with Crippen LogP contribution in [0.5, 0.6) is 0 Å². The molecule has 9 heteroatoms. The van der Waals surface area contributed by atoms with Gasteiger partial charge in [0.1, 0.15) is 15.8 Å². The van der Waals surface area contributed by atoms with Gasteiger partial charge in [0.2, 0.25) is 17.7 Å². The molecule has 1 aromatic heterocycles. The maximum Gasteiger partial charge on any atom is 0.249 e. The number of amides is 3. The molecule has 0 saturated carbocycles. The molecular weight excluding hydrogens is 505 g/mol. The number of thiazole rings is 1. The Morgan fingerprint density at radius 1 is 0.943 bits per heavy atom. The first-order chi connectivity index (χ1) is 16.7. The number of carbonyl (C=O) groups is 3. The fourth-order valence-corrected chi connectivity index (χ4v) is 7.78. The van der Waals surface area contributed by atoms with Crippen molar-refractivity contribution in [2.75, 3.05) is 5.32 Å². The van der Waals surface area contributed by atoms with Gasteiger partial charge in [0.05, 0.1) is 11.8 Å². The number of anilines is 1. The van der Waals surface area contributed by atoms with Crippen molar-refractivity contribution in [3.05, 3.63) is 82.4 Å². The van der Waals surface area contributed by atoms with Gasteiger partial charge in [-0.15, -0.1) is 34.5 Å². The van der Waals surface area contributed by atoms with Gasteiger partial charge >= 0.3 is 0 Å². The van der Waals surface area contributed by atoms with E-state index in [1.807, 2.05) is 48.5 Å². The van der Waals surface area contributed by atoms with Crippen molar-refractivity contribution in [3.8, 4) is 0 Å². The van der Waals surface area contributed by atoms with E-state index >= 15 is 0 Å². The zero-order valence-electron chi connectivity index (χ0n) is 18.9. The molecule has 35 heavy (non-hydrogen) atoms. The van der Waals surface area contributed by atoms with Crippen LogP contribution in [0.2, 0.25) is 0 Å². The van der Waals surface area contributed by atoms with Gasteiger partial charge in [0.15, 0.2) is 5.13 Å². The van der Waals surface area contributed by atoms with Crippen molar-refractivity contribution in [2.24, 2.45) is 17.8 Å². The standard InChI is InChI=1S/C26H21Cl2N3O3S/c1-13(2)20(21(32)30-24-29-11-12-35-24)31-22(33)18-19(23(31)34)26(28)15-8-4-3-7-14(15)25(18,27)16-9-5-6-10-17(16)26/h3-13,18-20H,1-2H3,(H,29,30,32)/t18-,19-,20-,25?,26?/m0/s1. The summed E-state index contributed by atoms with van der Waals surface area (Å²) in [5, 5.41) is 4.89. The minimum Gasteiger partial charge on any atom is -0.300 e. The number of nitrogens with zero attached hydrogens (tertiary/aromatic N) is 2. The van der Waals surface area contributed by atoms with Crippen molar-refractivity contribution in [3.63, 3.8) is 0 Å². The van der Waals surface area contributed by atoms with E-state index in [-0.39, 0.29) is 5.92 Å². The first-order valence-corrected chi connectivity index (χ1v) is 13.0. The molecule has 3 atom stereocenters. The number of hydrogen-bond donors (Lipinski definition) is 1. The van der Waals surface area contributed by atoms with Crippen molar-refractivity contribution in [1.82, 2.24) is 9.88 Å². The molecule has 1 fully saturated rings. The number of carbonyl (C=O) groups excluding carboxylic acids is 3. The molecular formula is C26H21Cl2N3O3S. The third kappa shape index (κ3) is 2.77. The number of imide groups is 1. The number of benzene rings is 2. The van der Waals surface area contributed by atoms with E-state index in [0.717, 1.165) is 27.2 Å². The van der Waals surface area contributed by atoms with Gasteiger partial charge in [-0.25, -0.2) is 4.98 Å². The number of nitrogens with one attached hydrogen (secondary N) is 1. The summed E-state index contributed by atoms with van der Waals surface area (Å²) in [6.45, 7) is 3.61. The lowest BCUT2D eigenvalue weighted by molar-refractivity contribution is -0.148. The van der Waals surface area contributed by atoms with Gasteiger partial charge in [-0.05, 0) is 28.2 Å². The number of alkyl halides is 2. The number of halogens is 2. The van der Waals surface area contributed by atoms with E-state index < -0.39 is 45.3 Å². The second-order valence-electron chi connectivity index (χ2n) is 9.53. The number of aromatic nitrogens is 1. The van der Waals surface area contributed by atoms with Crippen LogP contribution in [0.15, 0.2) is 60.1 Å². The maximum absolute atomic E-state index is 14.1. The predicted molar refractivity (Wildman–Crippen MR) is 134 cm³/mol. The Balaban J connectivity index is 1.52. The van der Waals surface area contributed by atoms with Crippen LogP contribution in [0.25, 0.3) is 0 Å². The van der Waals surface area contributed by atoms with Crippen molar-refractivity contribution in [2.45, 2.75) is 29.6 Å². The Bertz CT molecular complexity index is 1270. The SMILES string of the molecule is CC(C)[C@@H](C(=O)Nc1nccs1)N1C(=O)[C@@H]2[C@@H](C1=O)C1(Cl)c3ccccc3C2(Cl)c2ccccc21. The van der Waals surface area contributed by atoms with E-state index in [9.17, 15) is 14.4 Å². The van der Waals surface area contributed by atoms with E-state index in [1.54, 1.807) is 25.4 Å². The summed E-state index contributed by atoms with van der Waals surface area (Å²) in [5.74, 6) is -3.64. The molecule has 3 amide bonds. The van der Waals surface area contributed by atoms with Crippen LogP contribution in [0.1, 0.15) is 36.1 Å². The van der Waals surface area contributed by atoms with E-state index in [4.69, 9.17) is 23.2 Å². The third-order valence-electron chi connectivity index (χ3n) is 7.46. The average molecular weight is 526 g/mol. The quantitative estimate of drug-likeness (QED) is 0.395. The molecule has 2 heterocycles. The smallest absolute Gasteiger partial charge is 0.249 e. The van der Waals surface area contributed by atoms with Crippen LogP contribution in [0, 0.1) is 17.8 Å². The fraction of sp³-hybridized carbons (Fsp3) is 0.308. The minimum absolute atomic E-state index is 0.344. The topological polar surface area (TPSA) is 79.4 Å². The fourth-order valence-electron chi connectivity index (χ4n) is 6.15. The number of hydrogen-bond acceptors (Lipinski definition) is 5. The molecule has 1 N–H and O–H groups in total. The lowest BCUT2D eigenvalue weighted by Crippen LogP contribution is -2.57. The largest absolute Gasteiger partial charge is 0.300 e. The van der Waals surface area contributed by atoms with E-state index in [0.29, 0.717) is 5.13 Å². The Morgan fingerprint density at radius 3 is 1.77 bits per heavy atom. The van der Waals surface area contributed by atoms with Crippen molar-refractivity contribution in [1.29, 1.82) is 0 Å². The predicted octanol–water partition coefficient (Wildman–Crippen LogP) is 4.70. The molecule has 7 rings (SSSR count). The van der Waals surface area contributed by atoms with Crippen LogP contribution in [-0.4, -0.2) is 33.6 Å². The minimum atomic E-state index is -1.27. The molecule has 2 bridgehead atoms. The lowest BCUT2D eigenvalue weighted by atomic mass is 9.54. The lowest BCUT2D eigenvalue weighted by Gasteiger charge is -2.54. The van der Waals surface area contributed by atoms with Gasteiger partial charge < -0.3 is 5.32 Å². The molecule has 0 radical (unpaired) electrons. The summed E-state index contributed by atoms with van der Waals surface area (Å²) in [5.41, 5.74) is 2.92. The highest BCUT2D eigenvalue weighted by atomic mass is 35.5. The Labute approximate surface area is 216 Å². The highest BCUT2D eigenvalue weighted by Gasteiger charge is 2.73. The Kier molecular flexibility index (Phi) is 4.95. The third-order valence-corrected chi connectivity index (χ3v) is 9.43. The van der Waals surface area contributed by atoms with Crippen LogP contribution >= 0.6 is 34.5 Å². The highest BCUT2D eigenvalue weighted by Crippen LogP contribution is 2.69. The van der Waals surface area contributed by atoms with Crippen LogP contribution in [0.4, 0.5) is 5.13 Å². The molecule has 2 aromatic carbocycles. The molecule has 0 spiro atoms. The van der Waals surface area contributed by atoms with Gasteiger partial charge in [0.25, 0.3) is 0 Å². The van der Waals surface area contributed by atoms with Crippen LogP contribution in [-0.2, 0) is 24.1 Å². The first-order valence-electron chi connectivity index (χ1n) is 11.4. The zero-order valence-corrected chi connectivity index (χ0v) is 21.2. The van der Waals surface area contributed by atoms with Crippen LogP contribution in [0.3, 0.4) is 0 Å². The van der Waals surface area contributed by atoms with E-state index in [1.165, 1.54) is 11.3 Å². The molecule has 6 nitrogen and oxygen atoms in total. The molecule has 3 aliphatic carbocycles. The normalized spacial score (nSPS) is 29.1. The summed E-state index contributed by atoms with van der Waals surface area (Å²) in [7, 11) is 0. The van der Waals surface area contributed by atoms with Gasteiger partial charge in [-0.1, -0.05) is 62.4 Å². The van der Waals surface area contributed by atoms with Gasteiger partial charge in [-0.2, -0.15) is 0 Å². The second-order valence-corrected chi connectivity index (χ2v) is 11.6. The van der Waals surface area contributed by atoms with E-state index in [2.05, 4.69) is 10.3 Å². The highest BCUT2D eigenvalue weighted by molar-refractivity contribution is 7.13. The summed E-state index contributed by atoms with van der Waals surface area (Å²) in [6.07, 6.45) is 1.58. The summed E-state index contributed by atoms with van der Waals surface area (Å²) >= 11 is 16.2. The maximum atomic E-state index is 14.1. The molecule has 3 aromatic rings. The molecule has 4 aliphatic rings. The molecule has 1 saturated heterocycles. The first kappa shape index (κ1) is 22.7. The second kappa shape index (κ2) is 7.63. The molecule has 178 valence electrons. The van der Waals surface area contributed by atoms with Crippen molar-refractivity contribution >= 4 is 57.4 Å². The number of likely N-dealkylation sites (tertiary alicyclic amines) is 1. The molecule has 0 unspecified atom stereocenters. The molecule has 1 aliphatic heterocycles. The summed E-state index contributed by atoms with van der Waals surface area (Å²) in [4.78, 5) is 44.3. The van der Waals surface area contributed by atoms with Crippen molar-refractivity contribution < 1.29 is 14.4 Å². The summed E-state index contributed by atoms with van der Waals surface area (Å²) < 4.78 is 0. The average Bonchev–Trinajstić information content (AvgIpc) is 3.44. The zero-order chi connectivity index (χ0) is 24.7. The van der Waals surface area contributed by atoms with Gasteiger partial charge in [0, 0.05) is 11.6 Å². The Morgan fingerprint density at radius 2 is 1.40 bits per heavy atom. The number of rotatable bonds is 4. The van der Waals surface area contributed by atoms with Gasteiger partial charge in [-0.3, -0.25) is 19.3 Å². The monoisotopic (exact) mass is 525 g/mol. The summed E-state index contributed by atoms with van der Waals surface area (Å²) in [6, 6.07) is 13.9. The Hall–Kier alpha value is -2.74. The van der Waals surface area contributed by atoms with Crippen LogP contribution < -0.4 is 5.32 Å².